The van der Waals surface area contributed by atoms with Gasteiger partial charge in [0.15, 0.2) is 5.82 Å². The maximum atomic E-state index is 5.64. The summed E-state index contributed by atoms with van der Waals surface area (Å²) in [5, 5.41) is 4.54. The minimum atomic E-state index is 0.601. The van der Waals surface area contributed by atoms with E-state index in [1.54, 1.807) is 4.52 Å². The molecule has 2 aromatic heterocycles. The highest BCUT2D eigenvalue weighted by Crippen LogP contribution is 2.22. The third-order valence-electron chi connectivity index (χ3n) is 3.66. The van der Waals surface area contributed by atoms with Gasteiger partial charge < -0.3 is 10.3 Å². The molecule has 7 heteroatoms. The maximum Gasteiger partial charge on any atom is 0.256 e. The van der Waals surface area contributed by atoms with Crippen molar-refractivity contribution >= 4 is 17.5 Å². The van der Waals surface area contributed by atoms with Crippen LogP contribution in [0.15, 0.2) is 0 Å². The maximum absolute atomic E-state index is 5.64. The van der Waals surface area contributed by atoms with E-state index in [2.05, 4.69) is 32.3 Å². The van der Waals surface area contributed by atoms with Crippen LogP contribution in [0.4, 0.5) is 11.8 Å². The number of nitrogen functional groups attached to an aromatic ring is 1. The molecule has 19 heavy (non-hydrogen) atoms. The summed E-state index contributed by atoms with van der Waals surface area (Å²) in [4.78, 5) is 11.2. The fraction of sp³-hybridized carbons (Fsp3) is 0.583. The number of nitrogens with one attached hydrogen (secondary N) is 1. The average Bonchev–Trinajstić information content (AvgIpc) is 3.04. The number of aromatic nitrogens is 4. The number of hydrogen-bond donors (Lipinski definition) is 2. The molecule has 3 rings (SSSR count). The van der Waals surface area contributed by atoms with Crippen LogP contribution in [0.25, 0.3) is 5.78 Å². The van der Waals surface area contributed by atoms with Gasteiger partial charge in [-0.25, -0.2) is 10.8 Å². The Morgan fingerprint density at radius 1 is 1.26 bits per heavy atom. The van der Waals surface area contributed by atoms with Crippen LogP contribution in [0, 0.1) is 6.92 Å². The van der Waals surface area contributed by atoms with Crippen molar-refractivity contribution in [3.63, 3.8) is 0 Å². The van der Waals surface area contributed by atoms with Crippen molar-refractivity contribution in [2.75, 3.05) is 23.4 Å². The zero-order valence-electron chi connectivity index (χ0n) is 11.3. The molecule has 0 bridgehead atoms. The number of hydrazine groups is 1. The van der Waals surface area contributed by atoms with E-state index >= 15 is 0 Å². The van der Waals surface area contributed by atoms with Crippen LogP contribution in [0.1, 0.15) is 31.0 Å². The Morgan fingerprint density at radius 3 is 2.63 bits per heavy atom. The van der Waals surface area contributed by atoms with Crippen LogP contribution < -0.4 is 16.2 Å². The molecule has 3 N–H and O–H groups in total. The van der Waals surface area contributed by atoms with Crippen LogP contribution in [0.5, 0.6) is 0 Å². The molecular formula is C12H19N7. The van der Waals surface area contributed by atoms with Crippen molar-refractivity contribution in [3.05, 3.63) is 11.3 Å². The quantitative estimate of drug-likeness (QED) is 0.630. The fourth-order valence-electron chi connectivity index (χ4n) is 2.65. The predicted octanol–water partition coefficient (Wildman–Crippen LogP) is 0.881. The van der Waals surface area contributed by atoms with Crippen molar-refractivity contribution in [2.24, 2.45) is 5.84 Å². The van der Waals surface area contributed by atoms with Gasteiger partial charge in [0.05, 0.1) is 0 Å². The van der Waals surface area contributed by atoms with E-state index < -0.39 is 0 Å². The fourth-order valence-corrected chi connectivity index (χ4v) is 2.65. The number of aryl methyl sites for hydroxylation is 1. The first-order chi connectivity index (χ1) is 9.24. The topological polar surface area (TPSA) is 84.4 Å². The van der Waals surface area contributed by atoms with Gasteiger partial charge in [-0.1, -0.05) is 6.92 Å². The minimum Gasteiger partial charge on any atom is -0.339 e. The summed E-state index contributed by atoms with van der Waals surface area (Å²) in [5.41, 5.74) is 4.76. The molecule has 3 heterocycles. The molecule has 0 saturated carbocycles. The highest BCUT2D eigenvalue weighted by molar-refractivity contribution is 5.54. The summed E-state index contributed by atoms with van der Waals surface area (Å²) in [6.07, 6.45) is 3.25. The number of fused-ring (bicyclic) bond motifs is 1. The number of rotatable bonds is 3. The largest absolute Gasteiger partial charge is 0.339 e. The van der Waals surface area contributed by atoms with Gasteiger partial charge in [0.2, 0.25) is 5.95 Å². The van der Waals surface area contributed by atoms with Gasteiger partial charge in [0, 0.05) is 24.3 Å². The molecule has 2 aromatic rings. The van der Waals surface area contributed by atoms with Gasteiger partial charge in [-0.15, -0.1) is 5.10 Å². The number of anilines is 2. The highest BCUT2D eigenvalue weighted by Gasteiger charge is 2.20. The van der Waals surface area contributed by atoms with Crippen molar-refractivity contribution in [1.82, 2.24) is 19.6 Å². The molecular weight excluding hydrogens is 242 g/mol. The molecule has 7 nitrogen and oxygen atoms in total. The third-order valence-corrected chi connectivity index (χ3v) is 3.66. The molecule has 0 amide bonds. The zero-order valence-corrected chi connectivity index (χ0v) is 11.3. The Morgan fingerprint density at radius 2 is 2.00 bits per heavy atom. The molecule has 1 saturated heterocycles. The first-order valence-electron chi connectivity index (χ1n) is 6.72. The molecule has 1 fully saturated rings. The van der Waals surface area contributed by atoms with E-state index in [1.807, 2.05) is 6.92 Å². The van der Waals surface area contributed by atoms with Crippen LogP contribution in [0.3, 0.4) is 0 Å². The standard InChI is InChI=1S/C12H19N7/c1-3-9-8(2)14-11-15-12(18-6-4-5-7-18)17-19(11)10(9)16-13/h16H,3-7,13H2,1-2H3. The molecule has 0 unspecified atom stereocenters. The Kier molecular flexibility index (Phi) is 2.98. The zero-order chi connectivity index (χ0) is 13.4. The van der Waals surface area contributed by atoms with E-state index in [0.29, 0.717) is 5.78 Å². The molecule has 0 radical (unpaired) electrons. The Hall–Kier alpha value is -1.89. The van der Waals surface area contributed by atoms with Gasteiger partial charge in [0.25, 0.3) is 5.78 Å². The van der Waals surface area contributed by atoms with Crippen molar-refractivity contribution in [2.45, 2.75) is 33.1 Å². The van der Waals surface area contributed by atoms with E-state index in [9.17, 15) is 0 Å². The molecule has 1 aliphatic rings. The van der Waals surface area contributed by atoms with Crippen molar-refractivity contribution < 1.29 is 0 Å². The lowest BCUT2D eigenvalue weighted by Crippen LogP contribution is -2.19. The van der Waals surface area contributed by atoms with Gasteiger partial charge in [-0.05, 0) is 26.2 Å². The van der Waals surface area contributed by atoms with Gasteiger partial charge in [-0.3, -0.25) is 0 Å². The molecule has 0 aromatic carbocycles. The van der Waals surface area contributed by atoms with E-state index in [1.165, 1.54) is 12.8 Å². The lowest BCUT2D eigenvalue weighted by molar-refractivity contribution is 0.858. The average molecular weight is 261 g/mol. The highest BCUT2D eigenvalue weighted by atomic mass is 15.5. The molecule has 1 aliphatic heterocycles. The predicted molar refractivity (Wildman–Crippen MR) is 74.2 cm³/mol. The summed E-state index contributed by atoms with van der Waals surface area (Å²) < 4.78 is 1.71. The van der Waals surface area contributed by atoms with Crippen LogP contribution in [-0.2, 0) is 6.42 Å². The smallest absolute Gasteiger partial charge is 0.256 e. The lowest BCUT2D eigenvalue weighted by Gasteiger charge is -2.11. The molecule has 0 atom stereocenters. The molecule has 0 aliphatic carbocycles. The van der Waals surface area contributed by atoms with E-state index in [-0.39, 0.29) is 0 Å². The van der Waals surface area contributed by atoms with Crippen LogP contribution in [0.2, 0.25) is 0 Å². The number of nitrogens with two attached hydrogens (primary N) is 1. The van der Waals surface area contributed by atoms with Crippen LogP contribution >= 0.6 is 0 Å². The molecule has 102 valence electrons. The Bertz CT molecular complexity index is 598. The van der Waals surface area contributed by atoms with Gasteiger partial charge >= 0.3 is 0 Å². The number of nitrogens with zero attached hydrogens (tertiary/aromatic N) is 5. The SMILES string of the molecule is CCc1c(C)nc2nc(N3CCCC3)nn2c1NN. The summed E-state index contributed by atoms with van der Waals surface area (Å²) in [6.45, 7) is 6.09. The third kappa shape index (κ3) is 1.90. The number of hydrogen-bond acceptors (Lipinski definition) is 6. The monoisotopic (exact) mass is 261 g/mol. The second-order valence-corrected chi connectivity index (χ2v) is 4.84. The van der Waals surface area contributed by atoms with E-state index in [0.717, 1.165) is 42.5 Å². The molecule has 0 spiro atoms. The summed E-state index contributed by atoms with van der Waals surface area (Å²) in [5.74, 6) is 7.77. The summed E-state index contributed by atoms with van der Waals surface area (Å²) in [6, 6.07) is 0. The van der Waals surface area contributed by atoms with Gasteiger partial charge in [-0.2, -0.15) is 9.50 Å². The first kappa shape index (κ1) is 12.2. The Labute approximate surface area is 111 Å². The van der Waals surface area contributed by atoms with Crippen molar-refractivity contribution in [1.29, 1.82) is 0 Å². The van der Waals surface area contributed by atoms with Gasteiger partial charge in [0.1, 0.15) is 0 Å². The van der Waals surface area contributed by atoms with Crippen LogP contribution in [-0.4, -0.2) is 32.7 Å². The second-order valence-electron chi connectivity index (χ2n) is 4.84. The van der Waals surface area contributed by atoms with Crippen molar-refractivity contribution in [3.8, 4) is 0 Å². The first-order valence-corrected chi connectivity index (χ1v) is 6.72. The minimum absolute atomic E-state index is 0.601. The normalized spacial score (nSPS) is 15.4. The summed E-state index contributed by atoms with van der Waals surface area (Å²) >= 11 is 0. The summed E-state index contributed by atoms with van der Waals surface area (Å²) in [7, 11) is 0. The second kappa shape index (κ2) is 4.65. The van der Waals surface area contributed by atoms with E-state index in [4.69, 9.17) is 5.84 Å². The Balaban J connectivity index is 2.16. The lowest BCUT2D eigenvalue weighted by atomic mass is 10.2.